The molecule has 0 aliphatic heterocycles. The number of nitrogens with zero attached hydrogens (tertiary/aromatic N) is 2. The summed E-state index contributed by atoms with van der Waals surface area (Å²) in [5.41, 5.74) is 6.67. The van der Waals surface area contributed by atoms with Crippen LogP contribution in [0.25, 0.3) is 0 Å². The lowest BCUT2D eigenvalue weighted by Gasteiger charge is -2.11. The topological polar surface area (TPSA) is 65.1 Å². The summed E-state index contributed by atoms with van der Waals surface area (Å²) in [5.74, 6) is 0.370. The number of aryl methyl sites for hydroxylation is 1. The van der Waals surface area contributed by atoms with Gasteiger partial charge in [-0.15, -0.1) is 0 Å². The Bertz CT molecular complexity index is 568. The Kier molecular flexibility index (Phi) is 3.89. The first-order valence-electron chi connectivity index (χ1n) is 6.08. The number of nitrogens with one attached hydrogen (secondary N) is 1. The third-order valence-electron chi connectivity index (χ3n) is 2.54. The first-order valence-corrected chi connectivity index (χ1v) is 6.08. The van der Waals surface area contributed by atoms with Crippen LogP contribution in [0.4, 0.5) is 21.6 Å². The normalized spacial score (nSPS) is 10.5. The molecule has 0 fully saturated rings. The van der Waals surface area contributed by atoms with Crippen LogP contribution in [0.2, 0.25) is 0 Å². The van der Waals surface area contributed by atoms with E-state index in [2.05, 4.69) is 10.4 Å². The molecule has 0 radical (unpaired) electrons. The molecule has 2 rings (SSSR count). The van der Waals surface area contributed by atoms with Crippen LogP contribution in [-0.2, 0) is 7.05 Å². The van der Waals surface area contributed by atoms with E-state index in [1.54, 1.807) is 23.0 Å². The summed E-state index contributed by atoms with van der Waals surface area (Å²) >= 11 is 0. The maximum absolute atomic E-state index is 13.6. The van der Waals surface area contributed by atoms with Crippen molar-refractivity contribution < 1.29 is 9.13 Å². The van der Waals surface area contributed by atoms with Crippen molar-refractivity contribution in [3.8, 4) is 5.75 Å². The lowest BCUT2D eigenvalue weighted by molar-refractivity contribution is 0.301. The number of rotatable bonds is 5. The molecule has 1 aromatic heterocycles. The van der Waals surface area contributed by atoms with Gasteiger partial charge in [-0.1, -0.05) is 6.92 Å². The lowest BCUT2D eigenvalue weighted by atomic mass is 10.2. The molecule has 1 heterocycles. The van der Waals surface area contributed by atoms with Crippen LogP contribution in [0.3, 0.4) is 0 Å². The van der Waals surface area contributed by atoms with Crippen molar-refractivity contribution in [3.63, 3.8) is 0 Å². The Labute approximate surface area is 111 Å². The van der Waals surface area contributed by atoms with E-state index >= 15 is 0 Å². The van der Waals surface area contributed by atoms with Crippen LogP contribution in [0, 0.1) is 5.82 Å². The molecule has 0 saturated heterocycles. The summed E-state index contributed by atoms with van der Waals surface area (Å²) in [6.07, 6.45) is 2.61. The van der Waals surface area contributed by atoms with Gasteiger partial charge in [0.05, 0.1) is 18.0 Å². The number of benzene rings is 1. The number of nitrogens with two attached hydrogens (primary N) is 1. The molecule has 0 spiro atoms. The Hall–Kier alpha value is -2.24. The van der Waals surface area contributed by atoms with Crippen molar-refractivity contribution in [1.29, 1.82) is 0 Å². The highest BCUT2D eigenvalue weighted by molar-refractivity contribution is 5.73. The highest BCUT2D eigenvalue weighted by atomic mass is 19.1. The fourth-order valence-electron chi connectivity index (χ4n) is 1.62. The molecule has 0 aliphatic rings. The predicted molar refractivity (Wildman–Crippen MR) is 73.1 cm³/mol. The van der Waals surface area contributed by atoms with Gasteiger partial charge in [0.25, 0.3) is 0 Å². The van der Waals surface area contributed by atoms with Crippen LogP contribution < -0.4 is 15.8 Å². The van der Waals surface area contributed by atoms with E-state index in [-0.39, 0.29) is 5.75 Å². The Morgan fingerprint density at radius 3 is 2.89 bits per heavy atom. The molecule has 3 N–H and O–H groups in total. The monoisotopic (exact) mass is 264 g/mol. The molecule has 1 aromatic carbocycles. The average Bonchev–Trinajstić information content (AvgIpc) is 2.77. The molecule has 6 heteroatoms. The largest absolute Gasteiger partial charge is 0.490 e. The van der Waals surface area contributed by atoms with E-state index in [9.17, 15) is 4.39 Å². The van der Waals surface area contributed by atoms with E-state index in [4.69, 9.17) is 10.5 Å². The number of ether oxygens (including phenoxy) is 1. The highest BCUT2D eigenvalue weighted by Gasteiger charge is 2.10. The number of aromatic nitrogens is 2. The standard InChI is InChI=1S/C13H17FN4O/c1-3-6-19-12-8-11(10(15)7-9(12)14)16-13-4-5-18(2)17-13/h4-5,7-8H,3,6,15H2,1-2H3,(H,16,17). The van der Waals surface area contributed by atoms with Gasteiger partial charge in [-0.3, -0.25) is 4.68 Å². The maximum Gasteiger partial charge on any atom is 0.167 e. The molecule has 0 bridgehead atoms. The van der Waals surface area contributed by atoms with Crippen LogP contribution in [-0.4, -0.2) is 16.4 Å². The van der Waals surface area contributed by atoms with Crippen LogP contribution in [0.5, 0.6) is 5.75 Å². The summed E-state index contributed by atoms with van der Waals surface area (Å²) in [6, 6.07) is 4.60. The van der Waals surface area contributed by atoms with Gasteiger partial charge in [-0.25, -0.2) is 4.39 Å². The maximum atomic E-state index is 13.6. The van der Waals surface area contributed by atoms with Gasteiger partial charge in [0.2, 0.25) is 0 Å². The zero-order valence-corrected chi connectivity index (χ0v) is 11.0. The second-order valence-corrected chi connectivity index (χ2v) is 4.22. The van der Waals surface area contributed by atoms with E-state index < -0.39 is 5.82 Å². The van der Waals surface area contributed by atoms with Gasteiger partial charge in [0.15, 0.2) is 17.4 Å². The number of hydrogen-bond acceptors (Lipinski definition) is 4. The van der Waals surface area contributed by atoms with Crippen molar-refractivity contribution in [3.05, 3.63) is 30.2 Å². The van der Waals surface area contributed by atoms with Gasteiger partial charge in [0.1, 0.15) is 0 Å². The molecule has 102 valence electrons. The molecule has 2 aromatic rings. The van der Waals surface area contributed by atoms with Crippen molar-refractivity contribution >= 4 is 17.2 Å². The second-order valence-electron chi connectivity index (χ2n) is 4.22. The van der Waals surface area contributed by atoms with Crippen molar-refractivity contribution in [2.75, 3.05) is 17.7 Å². The molecule has 0 saturated carbocycles. The molecule has 0 aliphatic carbocycles. The smallest absolute Gasteiger partial charge is 0.167 e. The van der Waals surface area contributed by atoms with Crippen LogP contribution in [0.15, 0.2) is 24.4 Å². The van der Waals surface area contributed by atoms with Gasteiger partial charge < -0.3 is 15.8 Å². The minimum Gasteiger partial charge on any atom is -0.490 e. The predicted octanol–water partition coefficient (Wildman–Crippen LogP) is 2.67. The summed E-state index contributed by atoms with van der Waals surface area (Å²) in [6.45, 7) is 2.42. The number of anilines is 3. The number of hydrogen-bond donors (Lipinski definition) is 2. The fraction of sp³-hybridized carbons (Fsp3) is 0.308. The number of halogens is 1. The summed E-state index contributed by atoms with van der Waals surface area (Å²) in [5, 5.41) is 7.21. The average molecular weight is 264 g/mol. The summed E-state index contributed by atoms with van der Waals surface area (Å²) in [7, 11) is 1.81. The van der Waals surface area contributed by atoms with Gasteiger partial charge in [0, 0.05) is 31.4 Å². The van der Waals surface area contributed by atoms with Crippen LogP contribution in [0.1, 0.15) is 13.3 Å². The Morgan fingerprint density at radius 2 is 2.26 bits per heavy atom. The van der Waals surface area contributed by atoms with Gasteiger partial charge in [-0.05, 0) is 6.42 Å². The minimum atomic E-state index is -0.461. The number of nitrogen functional groups attached to an aromatic ring is 1. The first-order chi connectivity index (χ1) is 9.10. The highest BCUT2D eigenvalue weighted by Crippen LogP contribution is 2.30. The van der Waals surface area contributed by atoms with Crippen LogP contribution >= 0.6 is 0 Å². The molecule has 0 atom stereocenters. The summed E-state index contributed by atoms with van der Waals surface area (Å²) < 4.78 is 20.6. The SMILES string of the molecule is CCCOc1cc(Nc2ccn(C)n2)c(N)cc1F. The van der Waals surface area contributed by atoms with Gasteiger partial charge >= 0.3 is 0 Å². The quantitative estimate of drug-likeness (QED) is 0.815. The van der Waals surface area contributed by atoms with E-state index in [1.807, 2.05) is 14.0 Å². The van der Waals surface area contributed by atoms with Crippen molar-refractivity contribution in [1.82, 2.24) is 9.78 Å². The van der Waals surface area contributed by atoms with E-state index in [0.29, 0.717) is 23.8 Å². The van der Waals surface area contributed by atoms with E-state index in [1.165, 1.54) is 6.07 Å². The van der Waals surface area contributed by atoms with Crippen molar-refractivity contribution in [2.45, 2.75) is 13.3 Å². The van der Waals surface area contributed by atoms with Crippen molar-refractivity contribution in [2.24, 2.45) is 7.05 Å². The van der Waals surface area contributed by atoms with Gasteiger partial charge in [-0.2, -0.15) is 5.10 Å². The molecular weight excluding hydrogens is 247 g/mol. The first kappa shape index (κ1) is 13.2. The minimum absolute atomic E-state index is 0.189. The third-order valence-corrected chi connectivity index (χ3v) is 2.54. The lowest BCUT2D eigenvalue weighted by Crippen LogP contribution is -2.02. The molecule has 5 nitrogen and oxygen atoms in total. The molecule has 0 amide bonds. The Morgan fingerprint density at radius 1 is 1.47 bits per heavy atom. The Balaban J connectivity index is 2.24. The van der Waals surface area contributed by atoms with E-state index in [0.717, 1.165) is 6.42 Å². The third kappa shape index (κ3) is 3.15. The molecular formula is C13H17FN4O. The zero-order valence-electron chi connectivity index (χ0n) is 11.0. The molecule has 0 unspecified atom stereocenters. The zero-order chi connectivity index (χ0) is 13.8. The fourth-order valence-corrected chi connectivity index (χ4v) is 1.62. The molecule has 19 heavy (non-hydrogen) atoms. The summed E-state index contributed by atoms with van der Waals surface area (Å²) in [4.78, 5) is 0. The second kappa shape index (κ2) is 5.60.